The van der Waals surface area contributed by atoms with E-state index in [0.717, 1.165) is 41.5 Å². The Morgan fingerprint density at radius 1 is 1.08 bits per heavy atom. The molecule has 130 valence electrons. The predicted octanol–water partition coefficient (Wildman–Crippen LogP) is 4.77. The van der Waals surface area contributed by atoms with Crippen molar-refractivity contribution >= 4 is 22.4 Å². The molecule has 0 fully saturated rings. The molecule has 0 bridgehead atoms. The van der Waals surface area contributed by atoms with Gasteiger partial charge in [-0.2, -0.15) is 0 Å². The van der Waals surface area contributed by atoms with Crippen molar-refractivity contribution in [2.24, 2.45) is 0 Å². The minimum atomic E-state index is -0.823. The van der Waals surface area contributed by atoms with Crippen molar-refractivity contribution in [2.45, 2.75) is 45.1 Å². The van der Waals surface area contributed by atoms with E-state index in [1.54, 1.807) is 14.2 Å². The molecule has 0 aliphatic rings. The van der Waals surface area contributed by atoms with E-state index in [2.05, 4.69) is 12.2 Å². The van der Waals surface area contributed by atoms with Gasteiger partial charge in [-0.1, -0.05) is 50.5 Å². The third kappa shape index (κ3) is 3.88. The molecule has 2 aromatic rings. The minimum Gasteiger partial charge on any atom is -0.496 e. The van der Waals surface area contributed by atoms with Gasteiger partial charge in [-0.25, -0.2) is 0 Å². The van der Waals surface area contributed by atoms with Crippen LogP contribution >= 0.6 is 0 Å². The highest BCUT2D eigenvalue weighted by Crippen LogP contribution is 2.32. The van der Waals surface area contributed by atoms with Gasteiger partial charge in [0.05, 0.1) is 7.11 Å². The number of carbonyl (C=O) groups excluding carboxylic acids is 1. The van der Waals surface area contributed by atoms with Gasteiger partial charge in [-0.05, 0) is 25.5 Å². The average molecular weight is 329 g/mol. The lowest BCUT2D eigenvalue weighted by Crippen LogP contribution is -2.42. The SMILES string of the molecule is CCCCCC(C)(OC)C(=O)Nc1ccc(OC)c2ccccc12. The Hall–Kier alpha value is -2.07. The Bertz CT molecular complexity index is 698. The number of rotatable bonds is 8. The molecular formula is C20H27NO3. The Balaban J connectivity index is 2.26. The van der Waals surface area contributed by atoms with E-state index in [9.17, 15) is 4.79 Å². The zero-order chi connectivity index (χ0) is 17.6. The van der Waals surface area contributed by atoms with Crippen molar-refractivity contribution in [2.75, 3.05) is 19.5 Å². The molecular weight excluding hydrogens is 302 g/mol. The standard InChI is InChI=1S/C20H27NO3/c1-5-6-9-14-20(2,24-4)19(22)21-17-12-13-18(23-3)16-11-8-7-10-15(16)17/h7-8,10-13H,5-6,9,14H2,1-4H3,(H,21,22). The first-order chi connectivity index (χ1) is 11.6. The maximum atomic E-state index is 12.8. The van der Waals surface area contributed by atoms with Crippen LogP contribution in [0.1, 0.15) is 39.5 Å². The van der Waals surface area contributed by atoms with E-state index in [-0.39, 0.29) is 5.91 Å². The topological polar surface area (TPSA) is 47.6 Å². The lowest BCUT2D eigenvalue weighted by molar-refractivity contribution is -0.136. The van der Waals surface area contributed by atoms with Gasteiger partial charge in [0, 0.05) is 23.6 Å². The lowest BCUT2D eigenvalue weighted by atomic mass is 9.96. The van der Waals surface area contributed by atoms with E-state index in [1.165, 1.54) is 0 Å². The van der Waals surface area contributed by atoms with Gasteiger partial charge in [0.15, 0.2) is 0 Å². The number of anilines is 1. The number of carbonyl (C=O) groups is 1. The fraction of sp³-hybridized carbons (Fsp3) is 0.450. The van der Waals surface area contributed by atoms with Crippen LogP contribution in [0.25, 0.3) is 10.8 Å². The molecule has 0 aromatic heterocycles. The van der Waals surface area contributed by atoms with Crippen molar-refractivity contribution in [3.8, 4) is 5.75 Å². The number of hydrogen-bond acceptors (Lipinski definition) is 3. The molecule has 0 aliphatic heterocycles. The molecule has 0 heterocycles. The van der Waals surface area contributed by atoms with Crippen molar-refractivity contribution < 1.29 is 14.3 Å². The van der Waals surface area contributed by atoms with Crippen LogP contribution in [0.3, 0.4) is 0 Å². The molecule has 24 heavy (non-hydrogen) atoms. The molecule has 0 radical (unpaired) electrons. The molecule has 2 rings (SSSR count). The second-order valence-corrected chi connectivity index (χ2v) is 6.21. The first-order valence-electron chi connectivity index (χ1n) is 8.48. The Morgan fingerprint density at radius 3 is 2.42 bits per heavy atom. The Kier molecular flexibility index (Phi) is 6.21. The Morgan fingerprint density at radius 2 is 1.79 bits per heavy atom. The summed E-state index contributed by atoms with van der Waals surface area (Å²) in [7, 11) is 3.24. The van der Waals surface area contributed by atoms with Crippen LogP contribution < -0.4 is 10.1 Å². The predicted molar refractivity (Wildman–Crippen MR) is 98.7 cm³/mol. The molecule has 0 spiro atoms. The first kappa shape index (κ1) is 18.3. The second kappa shape index (κ2) is 8.15. The van der Waals surface area contributed by atoms with Crippen molar-refractivity contribution in [3.63, 3.8) is 0 Å². The van der Waals surface area contributed by atoms with Gasteiger partial charge in [-0.15, -0.1) is 0 Å². The van der Waals surface area contributed by atoms with Gasteiger partial charge in [0.25, 0.3) is 5.91 Å². The van der Waals surface area contributed by atoms with E-state index in [1.807, 2.05) is 43.3 Å². The molecule has 0 saturated heterocycles. The number of benzene rings is 2. The van der Waals surface area contributed by atoms with Crippen molar-refractivity contribution in [3.05, 3.63) is 36.4 Å². The van der Waals surface area contributed by atoms with Crippen molar-refractivity contribution in [1.29, 1.82) is 0 Å². The lowest BCUT2D eigenvalue weighted by Gasteiger charge is -2.27. The highest BCUT2D eigenvalue weighted by Gasteiger charge is 2.32. The van der Waals surface area contributed by atoms with E-state index in [0.29, 0.717) is 6.42 Å². The molecule has 1 amide bonds. The quantitative estimate of drug-likeness (QED) is 0.710. The van der Waals surface area contributed by atoms with E-state index in [4.69, 9.17) is 9.47 Å². The number of ether oxygens (including phenoxy) is 2. The first-order valence-corrected chi connectivity index (χ1v) is 8.48. The smallest absolute Gasteiger partial charge is 0.256 e. The van der Waals surface area contributed by atoms with Crippen LogP contribution in [0.2, 0.25) is 0 Å². The molecule has 4 nitrogen and oxygen atoms in total. The third-order valence-electron chi connectivity index (χ3n) is 4.54. The maximum absolute atomic E-state index is 12.8. The summed E-state index contributed by atoms with van der Waals surface area (Å²) in [6, 6.07) is 11.6. The fourth-order valence-corrected chi connectivity index (χ4v) is 2.83. The summed E-state index contributed by atoms with van der Waals surface area (Å²) in [6.45, 7) is 4.00. The number of hydrogen-bond donors (Lipinski definition) is 1. The molecule has 4 heteroatoms. The number of methoxy groups -OCH3 is 2. The maximum Gasteiger partial charge on any atom is 0.256 e. The van der Waals surface area contributed by atoms with Gasteiger partial charge in [-0.3, -0.25) is 4.79 Å². The van der Waals surface area contributed by atoms with E-state index < -0.39 is 5.60 Å². The highest BCUT2D eigenvalue weighted by atomic mass is 16.5. The highest BCUT2D eigenvalue weighted by molar-refractivity contribution is 6.06. The van der Waals surface area contributed by atoms with Gasteiger partial charge >= 0.3 is 0 Å². The number of fused-ring (bicyclic) bond motifs is 1. The van der Waals surface area contributed by atoms with Crippen LogP contribution in [-0.4, -0.2) is 25.7 Å². The molecule has 0 aliphatic carbocycles. The van der Waals surface area contributed by atoms with Crippen LogP contribution in [0.4, 0.5) is 5.69 Å². The molecule has 1 unspecified atom stereocenters. The normalized spacial score (nSPS) is 13.5. The fourth-order valence-electron chi connectivity index (χ4n) is 2.83. The minimum absolute atomic E-state index is 0.114. The summed E-state index contributed by atoms with van der Waals surface area (Å²) in [5, 5.41) is 4.97. The van der Waals surface area contributed by atoms with Crippen LogP contribution in [0, 0.1) is 0 Å². The summed E-state index contributed by atoms with van der Waals surface area (Å²) < 4.78 is 10.9. The zero-order valence-electron chi connectivity index (χ0n) is 15.0. The molecule has 1 N–H and O–H groups in total. The Labute approximate surface area is 144 Å². The monoisotopic (exact) mass is 329 g/mol. The average Bonchev–Trinajstić information content (AvgIpc) is 2.62. The number of nitrogens with one attached hydrogen (secondary N) is 1. The van der Waals surface area contributed by atoms with Gasteiger partial charge in [0.2, 0.25) is 0 Å². The van der Waals surface area contributed by atoms with Crippen LogP contribution in [0.15, 0.2) is 36.4 Å². The summed E-state index contributed by atoms with van der Waals surface area (Å²) in [5.41, 5.74) is -0.0499. The number of unbranched alkanes of at least 4 members (excludes halogenated alkanes) is 2. The molecule has 1 atom stereocenters. The number of amides is 1. The van der Waals surface area contributed by atoms with Crippen molar-refractivity contribution in [1.82, 2.24) is 0 Å². The van der Waals surface area contributed by atoms with Crippen LogP contribution in [-0.2, 0) is 9.53 Å². The second-order valence-electron chi connectivity index (χ2n) is 6.21. The van der Waals surface area contributed by atoms with E-state index >= 15 is 0 Å². The summed E-state index contributed by atoms with van der Waals surface area (Å²) >= 11 is 0. The summed E-state index contributed by atoms with van der Waals surface area (Å²) in [4.78, 5) is 12.8. The van der Waals surface area contributed by atoms with Gasteiger partial charge in [0.1, 0.15) is 11.4 Å². The summed E-state index contributed by atoms with van der Waals surface area (Å²) in [6.07, 6.45) is 3.89. The van der Waals surface area contributed by atoms with Crippen LogP contribution in [0.5, 0.6) is 5.75 Å². The summed E-state index contributed by atoms with van der Waals surface area (Å²) in [5.74, 6) is 0.678. The molecule has 0 saturated carbocycles. The third-order valence-corrected chi connectivity index (χ3v) is 4.54. The zero-order valence-corrected chi connectivity index (χ0v) is 15.0. The molecule has 2 aromatic carbocycles. The van der Waals surface area contributed by atoms with Gasteiger partial charge < -0.3 is 14.8 Å². The largest absolute Gasteiger partial charge is 0.496 e.